The number of phosphoric acid groups is 2. The molecule has 0 saturated carbocycles. The van der Waals surface area contributed by atoms with Gasteiger partial charge in [0.1, 0.15) is 6.61 Å². The highest BCUT2D eigenvalue weighted by atomic mass is 35.5. The van der Waals surface area contributed by atoms with E-state index in [0.29, 0.717) is 23.7 Å². The monoisotopic (exact) mass is 1120 g/mol. The number of ether oxygens (including phenoxy) is 2. The van der Waals surface area contributed by atoms with Gasteiger partial charge in [-0.05, 0) is 26.2 Å². The Bertz CT molecular complexity index is 1480. The van der Waals surface area contributed by atoms with Gasteiger partial charge in [-0.25, -0.2) is 4.57 Å². The highest BCUT2D eigenvalue weighted by Crippen LogP contribution is 2.50. The van der Waals surface area contributed by atoms with Crippen LogP contribution in [0.15, 0.2) is 0 Å². The summed E-state index contributed by atoms with van der Waals surface area (Å²) in [7, 11) is 2.44. The molecular formula is C56H112ClN3O12P2. The van der Waals surface area contributed by atoms with E-state index >= 15 is 0 Å². The highest BCUT2D eigenvalue weighted by molar-refractivity contribution is 7.48. The number of phosphoric ester groups is 2. The smallest absolute Gasteiger partial charge is 0.474 e. The Morgan fingerprint density at radius 1 is 0.514 bits per heavy atom. The Balaban J connectivity index is 0. The van der Waals surface area contributed by atoms with E-state index in [9.17, 15) is 23.6 Å². The summed E-state index contributed by atoms with van der Waals surface area (Å²) in [5.41, 5.74) is 0. The predicted octanol–water partition coefficient (Wildman–Crippen LogP) is 11.8. The van der Waals surface area contributed by atoms with Crippen LogP contribution in [0.2, 0.25) is 0 Å². The molecule has 0 aromatic rings. The first kappa shape index (κ1) is 74.9. The van der Waals surface area contributed by atoms with E-state index in [4.69, 9.17) is 37.4 Å². The Morgan fingerprint density at radius 3 is 1.32 bits per heavy atom. The van der Waals surface area contributed by atoms with E-state index in [1.165, 1.54) is 141 Å². The lowest BCUT2D eigenvalue weighted by molar-refractivity contribution is -0.916. The van der Waals surface area contributed by atoms with Crippen LogP contribution in [0.1, 0.15) is 252 Å². The Kier molecular flexibility index (Phi) is 48.4. The second kappa shape index (κ2) is 47.8. The third-order valence-corrected chi connectivity index (χ3v) is 16.1. The first-order valence-electron chi connectivity index (χ1n) is 29.3. The van der Waals surface area contributed by atoms with Crippen molar-refractivity contribution in [2.24, 2.45) is 0 Å². The van der Waals surface area contributed by atoms with Crippen molar-refractivity contribution in [1.29, 1.82) is 5.26 Å². The summed E-state index contributed by atoms with van der Waals surface area (Å²) >= 11 is 0. The van der Waals surface area contributed by atoms with Crippen molar-refractivity contribution in [2.75, 3.05) is 75.3 Å². The van der Waals surface area contributed by atoms with Gasteiger partial charge in [-0.3, -0.25) is 32.2 Å². The molecule has 0 bridgehead atoms. The fourth-order valence-corrected chi connectivity index (χ4v) is 10.6. The van der Waals surface area contributed by atoms with Crippen molar-refractivity contribution < 1.29 is 77.1 Å². The second-order valence-corrected chi connectivity index (χ2v) is 25.4. The van der Waals surface area contributed by atoms with Crippen LogP contribution in [0.5, 0.6) is 0 Å². The molecule has 0 fully saturated rings. The standard InChI is InChI=1S/C56H112N3O12P2.ClH/c1-10-12-14-16-18-20-22-24-26-28-30-32-34-36-38-43-55(60)65-50-53(70-56(61)44-39-37-35-33-31-29-27-25-23-21-19-17-15-13-11-2)51-69-73(64,68-48-41-46-57)67-47-40-42-54(59(7,8)9)71-72(62,63)66-49-45-52(3)58(4,5)6;/h52-54H,10-45,47-51H2,1-9H3;1H/q+1;/p-1. The maximum Gasteiger partial charge on any atom is 0.474 e. The van der Waals surface area contributed by atoms with Crippen LogP contribution in [0, 0.1) is 11.3 Å². The summed E-state index contributed by atoms with van der Waals surface area (Å²) in [6, 6.07) is 2.10. The lowest BCUT2D eigenvalue weighted by Crippen LogP contribution is -3.00. The lowest BCUT2D eigenvalue weighted by atomic mass is 10.0. The van der Waals surface area contributed by atoms with Gasteiger partial charge in [0, 0.05) is 25.7 Å². The van der Waals surface area contributed by atoms with Gasteiger partial charge in [0.2, 0.25) is 6.23 Å². The first-order chi connectivity index (χ1) is 34.8. The minimum atomic E-state index is -4.67. The zero-order valence-corrected chi connectivity index (χ0v) is 51.3. The van der Waals surface area contributed by atoms with Crippen LogP contribution in [0.4, 0.5) is 0 Å². The number of nitriles is 1. The molecule has 0 aliphatic carbocycles. The van der Waals surface area contributed by atoms with E-state index in [2.05, 4.69) is 13.8 Å². The van der Waals surface area contributed by atoms with Crippen LogP contribution in [0.3, 0.4) is 0 Å². The number of halogens is 1. The van der Waals surface area contributed by atoms with Crippen molar-refractivity contribution in [3.63, 3.8) is 0 Å². The van der Waals surface area contributed by atoms with Gasteiger partial charge >= 0.3 is 19.8 Å². The SMILES string of the molecule is CCCCCCCCCCCCCCCCCC(=O)OCC(COP(=O)(OCCC#N)OCCCC(OP(=O)([O-])OCCC(C)[N+](C)(C)C)[N+](C)(C)C)OC(=O)CCCCCCCCCCCCCCCCC.[Cl-]. The molecular weight excluding hydrogens is 1000 g/mol. The zero-order valence-electron chi connectivity index (χ0n) is 48.7. The molecule has 18 heteroatoms. The fourth-order valence-electron chi connectivity index (χ4n) is 8.31. The predicted molar refractivity (Wildman–Crippen MR) is 293 cm³/mol. The molecule has 15 nitrogen and oxygen atoms in total. The van der Waals surface area contributed by atoms with Gasteiger partial charge in [0.15, 0.2) is 6.10 Å². The quantitative estimate of drug-likeness (QED) is 0.0185. The van der Waals surface area contributed by atoms with Gasteiger partial charge in [-0.15, -0.1) is 0 Å². The van der Waals surface area contributed by atoms with Crippen LogP contribution in [0.25, 0.3) is 0 Å². The lowest BCUT2D eigenvalue weighted by Gasteiger charge is -2.37. The highest BCUT2D eigenvalue weighted by Gasteiger charge is 2.33. The van der Waals surface area contributed by atoms with Crippen LogP contribution in [-0.2, 0) is 50.8 Å². The van der Waals surface area contributed by atoms with Crippen molar-refractivity contribution in [1.82, 2.24) is 0 Å². The molecule has 5 atom stereocenters. The summed E-state index contributed by atoms with van der Waals surface area (Å²) in [6.45, 7) is 5.34. The molecule has 0 aliphatic heterocycles. The third-order valence-electron chi connectivity index (χ3n) is 13.6. The molecule has 0 saturated heterocycles. The maximum atomic E-state index is 14.0. The fraction of sp³-hybridized carbons (Fsp3) is 0.946. The first-order valence-corrected chi connectivity index (χ1v) is 32.2. The van der Waals surface area contributed by atoms with Gasteiger partial charge in [-0.1, -0.05) is 194 Å². The number of hydrogen-bond donors (Lipinski definition) is 0. The molecule has 5 unspecified atom stereocenters. The van der Waals surface area contributed by atoms with Gasteiger partial charge in [-0.2, -0.15) is 5.26 Å². The normalized spacial score (nSPS) is 14.8. The molecule has 0 aromatic carbocycles. The average molecular weight is 1120 g/mol. The Hall–Kier alpha value is -1.14. The van der Waals surface area contributed by atoms with E-state index in [-0.39, 0.29) is 81.5 Å². The number of unbranched alkanes of at least 4 members (excludes halogenated alkanes) is 28. The van der Waals surface area contributed by atoms with Gasteiger partial charge < -0.3 is 40.3 Å². The minimum absolute atomic E-state index is 0. The molecule has 74 heavy (non-hydrogen) atoms. The number of nitrogens with zero attached hydrogens (tertiary/aromatic N) is 3. The molecule has 0 spiro atoms. The van der Waals surface area contributed by atoms with E-state index < -0.39 is 46.5 Å². The Labute approximate surface area is 459 Å². The molecule has 0 rings (SSSR count). The molecule has 440 valence electrons. The number of carbonyl (C=O) groups is 2. The summed E-state index contributed by atoms with van der Waals surface area (Å²) in [4.78, 5) is 38.9. The third kappa shape index (κ3) is 46.9. The van der Waals surface area contributed by atoms with Crippen molar-refractivity contribution in [3.8, 4) is 6.07 Å². The van der Waals surface area contributed by atoms with Crippen molar-refractivity contribution in [3.05, 3.63) is 0 Å². The van der Waals surface area contributed by atoms with E-state index in [0.717, 1.165) is 38.5 Å². The van der Waals surface area contributed by atoms with Crippen LogP contribution >= 0.6 is 15.6 Å². The molecule has 0 N–H and O–H groups in total. The number of esters is 2. The van der Waals surface area contributed by atoms with Gasteiger partial charge in [0.05, 0.1) is 87.2 Å². The largest absolute Gasteiger partial charge is 1.00 e. The molecule has 0 amide bonds. The number of carbonyl (C=O) groups excluding carboxylic acids is 2. The van der Waals surface area contributed by atoms with Crippen LogP contribution in [-0.4, -0.2) is 115 Å². The van der Waals surface area contributed by atoms with Crippen LogP contribution < -0.4 is 17.3 Å². The van der Waals surface area contributed by atoms with Crippen molar-refractivity contribution >= 4 is 27.6 Å². The second-order valence-electron chi connectivity index (χ2n) is 22.4. The van der Waals surface area contributed by atoms with E-state index in [1.54, 1.807) is 21.1 Å². The summed E-state index contributed by atoms with van der Waals surface area (Å²) < 4.78 is 66.6. The molecule has 0 heterocycles. The van der Waals surface area contributed by atoms with Crippen molar-refractivity contribution in [2.45, 2.75) is 270 Å². The average Bonchev–Trinajstić information content (AvgIpc) is 3.32. The number of rotatable bonds is 54. The minimum Gasteiger partial charge on any atom is -1.00 e. The number of hydrogen-bond acceptors (Lipinski definition) is 13. The molecule has 0 aliphatic rings. The summed E-state index contributed by atoms with van der Waals surface area (Å²) in [6.07, 6.45) is 35.8. The Morgan fingerprint density at radius 2 is 0.919 bits per heavy atom. The topological polar surface area (TPSA) is 180 Å². The van der Waals surface area contributed by atoms with Gasteiger partial charge in [0.25, 0.3) is 7.82 Å². The maximum absolute atomic E-state index is 14.0. The number of quaternary nitrogens is 2. The summed E-state index contributed by atoms with van der Waals surface area (Å²) in [5, 5.41) is 9.17. The van der Waals surface area contributed by atoms with E-state index in [1.807, 2.05) is 34.1 Å². The zero-order chi connectivity index (χ0) is 54.5. The summed E-state index contributed by atoms with van der Waals surface area (Å²) in [5.74, 6) is -0.889. The molecule has 0 aromatic heterocycles. The molecule has 0 radical (unpaired) electrons.